The van der Waals surface area contributed by atoms with Crippen LogP contribution in [0.4, 0.5) is 0 Å². The van der Waals surface area contributed by atoms with E-state index in [4.69, 9.17) is 11.6 Å². The van der Waals surface area contributed by atoms with Crippen molar-refractivity contribution in [1.29, 1.82) is 0 Å². The van der Waals surface area contributed by atoms with Gasteiger partial charge in [-0.2, -0.15) is 0 Å². The van der Waals surface area contributed by atoms with Gasteiger partial charge in [0.1, 0.15) is 0 Å². The van der Waals surface area contributed by atoms with Crippen molar-refractivity contribution in [2.75, 3.05) is 26.7 Å². The highest BCUT2D eigenvalue weighted by Gasteiger charge is 2.19. The third-order valence-corrected chi connectivity index (χ3v) is 3.98. The summed E-state index contributed by atoms with van der Waals surface area (Å²) in [6.45, 7) is 3.28. The number of rotatable bonds is 3. The summed E-state index contributed by atoms with van der Waals surface area (Å²) < 4.78 is 0. The van der Waals surface area contributed by atoms with E-state index in [0.29, 0.717) is 11.9 Å². The summed E-state index contributed by atoms with van der Waals surface area (Å²) in [6.07, 6.45) is 1.03. The molecule has 0 aliphatic carbocycles. The van der Waals surface area contributed by atoms with Crippen LogP contribution in [0.15, 0.2) is 5.38 Å². The quantitative estimate of drug-likeness (QED) is 0.856. The SMILES string of the molecule is CN1CCNCC1Cc1nc(CCl)cs1.Cl. The van der Waals surface area contributed by atoms with E-state index in [-0.39, 0.29) is 12.4 Å². The van der Waals surface area contributed by atoms with Gasteiger partial charge in [0.15, 0.2) is 0 Å². The lowest BCUT2D eigenvalue weighted by atomic mass is 10.1. The molecule has 0 amide bonds. The highest BCUT2D eigenvalue weighted by Crippen LogP contribution is 2.15. The zero-order chi connectivity index (χ0) is 10.7. The minimum Gasteiger partial charge on any atom is -0.314 e. The van der Waals surface area contributed by atoms with Gasteiger partial charge < -0.3 is 10.2 Å². The second-order valence-electron chi connectivity index (χ2n) is 3.91. The van der Waals surface area contributed by atoms with E-state index in [9.17, 15) is 0 Å². The Morgan fingerprint density at radius 3 is 3.12 bits per heavy atom. The van der Waals surface area contributed by atoms with Crippen LogP contribution in [0, 0.1) is 0 Å². The Morgan fingerprint density at radius 1 is 1.69 bits per heavy atom. The van der Waals surface area contributed by atoms with Gasteiger partial charge >= 0.3 is 0 Å². The van der Waals surface area contributed by atoms with Crippen molar-refractivity contribution in [2.24, 2.45) is 0 Å². The molecule has 1 aliphatic rings. The molecule has 0 spiro atoms. The summed E-state index contributed by atoms with van der Waals surface area (Å²) >= 11 is 7.45. The Kier molecular flexibility index (Phi) is 6.00. The van der Waals surface area contributed by atoms with E-state index in [1.54, 1.807) is 11.3 Å². The van der Waals surface area contributed by atoms with E-state index in [2.05, 4.69) is 27.6 Å². The maximum absolute atomic E-state index is 5.73. The van der Waals surface area contributed by atoms with Crippen LogP contribution in [-0.4, -0.2) is 42.6 Å². The zero-order valence-corrected chi connectivity index (χ0v) is 11.7. The second kappa shape index (κ2) is 6.77. The fourth-order valence-electron chi connectivity index (χ4n) is 1.80. The maximum Gasteiger partial charge on any atom is 0.0944 e. The molecule has 16 heavy (non-hydrogen) atoms. The summed E-state index contributed by atoms with van der Waals surface area (Å²) in [4.78, 5) is 6.89. The molecule has 1 aromatic heterocycles. The van der Waals surface area contributed by atoms with Crippen molar-refractivity contribution in [3.63, 3.8) is 0 Å². The number of piperazine rings is 1. The van der Waals surface area contributed by atoms with Gasteiger partial charge in [0.05, 0.1) is 16.6 Å². The molecule has 2 rings (SSSR count). The van der Waals surface area contributed by atoms with Gasteiger partial charge in [0.2, 0.25) is 0 Å². The molecule has 6 heteroatoms. The van der Waals surface area contributed by atoms with Gasteiger partial charge in [-0.25, -0.2) is 4.98 Å². The molecule has 1 unspecified atom stereocenters. The fraction of sp³-hybridized carbons (Fsp3) is 0.700. The highest BCUT2D eigenvalue weighted by molar-refractivity contribution is 7.09. The van der Waals surface area contributed by atoms with Gasteiger partial charge in [0, 0.05) is 37.5 Å². The largest absolute Gasteiger partial charge is 0.314 e. The van der Waals surface area contributed by atoms with Crippen LogP contribution in [0.2, 0.25) is 0 Å². The summed E-state index contributed by atoms with van der Waals surface area (Å²) in [7, 11) is 2.18. The smallest absolute Gasteiger partial charge is 0.0944 e. The Labute approximate surface area is 112 Å². The Balaban J connectivity index is 0.00000128. The average Bonchev–Trinajstić information content (AvgIpc) is 2.69. The van der Waals surface area contributed by atoms with Gasteiger partial charge in [-0.1, -0.05) is 0 Å². The lowest BCUT2D eigenvalue weighted by molar-refractivity contribution is 0.199. The molecule has 1 saturated heterocycles. The Hall–Kier alpha value is 0.130. The van der Waals surface area contributed by atoms with Crippen LogP contribution in [0.3, 0.4) is 0 Å². The van der Waals surface area contributed by atoms with Crippen LogP contribution in [-0.2, 0) is 12.3 Å². The van der Waals surface area contributed by atoms with Crippen molar-refractivity contribution in [2.45, 2.75) is 18.3 Å². The topological polar surface area (TPSA) is 28.2 Å². The first-order valence-corrected chi connectivity index (χ1v) is 6.61. The first kappa shape index (κ1) is 14.2. The maximum atomic E-state index is 5.73. The molecule has 92 valence electrons. The number of nitrogens with zero attached hydrogens (tertiary/aromatic N) is 2. The van der Waals surface area contributed by atoms with Gasteiger partial charge in [-0.05, 0) is 7.05 Å². The molecular formula is C10H17Cl2N3S. The number of thiazole rings is 1. The molecule has 0 bridgehead atoms. The van der Waals surface area contributed by atoms with Crippen molar-refractivity contribution in [3.05, 3.63) is 16.1 Å². The lowest BCUT2D eigenvalue weighted by Crippen LogP contribution is -2.50. The van der Waals surface area contributed by atoms with E-state index >= 15 is 0 Å². The highest BCUT2D eigenvalue weighted by atomic mass is 35.5. The molecule has 0 saturated carbocycles. The molecule has 1 fully saturated rings. The predicted molar refractivity (Wildman–Crippen MR) is 71.9 cm³/mol. The normalized spacial score (nSPS) is 21.8. The molecule has 1 aliphatic heterocycles. The Morgan fingerprint density at radius 2 is 2.50 bits per heavy atom. The van der Waals surface area contributed by atoms with Crippen LogP contribution in [0.25, 0.3) is 0 Å². The monoisotopic (exact) mass is 281 g/mol. The van der Waals surface area contributed by atoms with Gasteiger partial charge in [0.25, 0.3) is 0 Å². The van der Waals surface area contributed by atoms with Crippen molar-refractivity contribution in [3.8, 4) is 0 Å². The molecule has 1 N–H and O–H groups in total. The number of hydrogen-bond donors (Lipinski definition) is 1. The van der Waals surface area contributed by atoms with Crippen LogP contribution >= 0.6 is 35.3 Å². The van der Waals surface area contributed by atoms with Crippen molar-refractivity contribution in [1.82, 2.24) is 15.2 Å². The van der Waals surface area contributed by atoms with Crippen LogP contribution in [0.1, 0.15) is 10.7 Å². The summed E-state index contributed by atoms with van der Waals surface area (Å²) in [5.41, 5.74) is 1.00. The van der Waals surface area contributed by atoms with E-state index in [1.807, 2.05) is 0 Å². The van der Waals surface area contributed by atoms with E-state index in [0.717, 1.165) is 31.7 Å². The van der Waals surface area contributed by atoms with Crippen molar-refractivity contribution >= 4 is 35.3 Å². The standard InChI is InChI=1S/C10H16ClN3S.ClH/c1-14-3-2-12-6-9(14)4-10-13-8(5-11)7-15-10;/h7,9,12H,2-6H2,1H3;1H. The molecule has 0 radical (unpaired) electrons. The zero-order valence-electron chi connectivity index (χ0n) is 9.28. The minimum atomic E-state index is 0. The first-order chi connectivity index (χ1) is 7.29. The average molecular weight is 282 g/mol. The number of hydrogen-bond acceptors (Lipinski definition) is 4. The van der Waals surface area contributed by atoms with Gasteiger partial charge in [-0.3, -0.25) is 0 Å². The third-order valence-electron chi connectivity index (χ3n) is 2.79. The summed E-state index contributed by atoms with van der Waals surface area (Å²) in [5.74, 6) is 0.523. The number of halogens is 2. The number of nitrogens with one attached hydrogen (secondary N) is 1. The van der Waals surface area contributed by atoms with E-state index < -0.39 is 0 Å². The molecular weight excluding hydrogens is 265 g/mol. The minimum absolute atomic E-state index is 0. The van der Waals surface area contributed by atoms with Crippen molar-refractivity contribution < 1.29 is 0 Å². The fourth-order valence-corrected chi connectivity index (χ4v) is 2.89. The third kappa shape index (κ3) is 3.57. The molecule has 1 aromatic rings. The molecule has 2 heterocycles. The number of aromatic nitrogens is 1. The molecule has 3 nitrogen and oxygen atoms in total. The second-order valence-corrected chi connectivity index (χ2v) is 5.12. The number of alkyl halides is 1. The van der Waals surface area contributed by atoms with Crippen LogP contribution < -0.4 is 5.32 Å². The molecule has 1 atom stereocenters. The number of likely N-dealkylation sites (N-methyl/N-ethyl adjacent to an activating group) is 1. The predicted octanol–water partition coefficient (Wildman–Crippen LogP) is 1.75. The Bertz CT molecular complexity index is 319. The van der Waals surface area contributed by atoms with Gasteiger partial charge in [-0.15, -0.1) is 35.3 Å². The van der Waals surface area contributed by atoms with E-state index in [1.165, 1.54) is 5.01 Å². The first-order valence-electron chi connectivity index (χ1n) is 5.20. The summed E-state index contributed by atoms with van der Waals surface area (Å²) in [6, 6.07) is 0.577. The van der Waals surface area contributed by atoms with Crippen LogP contribution in [0.5, 0.6) is 0 Å². The summed E-state index contributed by atoms with van der Waals surface area (Å²) in [5, 5.41) is 6.67. The molecule has 0 aromatic carbocycles. The lowest BCUT2D eigenvalue weighted by Gasteiger charge is -2.32.